The zero-order valence-corrected chi connectivity index (χ0v) is 18.2. The van der Waals surface area contributed by atoms with E-state index in [4.69, 9.17) is 9.47 Å². The zero-order valence-electron chi connectivity index (χ0n) is 16.6. The summed E-state index contributed by atoms with van der Waals surface area (Å²) in [5.74, 6) is 0.579. The highest BCUT2D eigenvalue weighted by Crippen LogP contribution is 2.28. The van der Waals surface area contributed by atoms with Crippen molar-refractivity contribution in [3.8, 4) is 5.75 Å². The molecule has 160 valence electrons. The molecule has 2 heterocycles. The molecule has 8 heteroatoms. The van der Waals surface area contributed by atoms with Gasteiger partial charge in [0.05, 0.1) is 6.61 Å². The van der Waals surface area contributed by atoms with E-state index in [1.54, 1.807) is 31.6 Å². The van der Waals surface area contributed by atoms with Crippen LogP contribution in [0.25, 0.3) is 0 Å². The van der Waals surface area contributed by atoms with Gasteiger partial charge in [-0.15, -0.1) is 24.8 Å². The first-order valence-electron chi connectivity index (χ1n) is 9.30. The van der Waals surface area contributed by atoms with Crippen LogP contribution < -0.4 is 15.4 Å². The second-order valence-electron chi connectivity index (χ2n) is 7.04. The summed E-state index contributed by atoms with van der Waals surface area (Å²) in [7, 11) is 1.72. The van der Waals surface area contributed by atoms with Crippen LogP contribution in [0.2, 0.25) is 0 Å². The Balaban J connectivity index is 0.00000210. The van der Waals surface area contributed by atoms with Gasteiger partial charge >= 0.3 is 0 Å². The highest BCUT2D eigenvalue weighted by molar-refractivity contribution is 5.94. The second kappa shape index (κ2) is 12.6. The molecule has 0 spiro atoms. The molecule has 1 aromatic heterocycles. The Hall–Kier alpha value is -1.86. The maximum Gasteiger partial charge on any atom is 0.251 e. The van der Waals surface area contributed by atoms with Crippen LogP contribution in [0.1, 0.15) is 28.8 Å². The molecule has 1 fully saturated rings. The van der Waals surface area contributed by atoms with Gasteiger partial charge in [0.15, 0.2) is 0 Å². The number of methoxy groups -OCH3 is 1. The van der Waals surface area contributed by atoms with E-state index in [9.17, 15) is 4.79 Å². The normalized spacial score (nSPS) is 14.8. The van der Waals surface area contributed by atoms with Crippen LogP contribution in [0, 0.1) is 5.41 Å². The predicted octanol–water partition coefficient (Wildman–Crippen LogP) is 3.25. The number of hydrogen-bond donors (Lipinski definition) is 2. The molecule has 1 aliphatic heterocycles. The fraction of sp³-hybridized carbons (Fsp3) is 0.429. The van der Waals surface area contributed by atoms with Crippen molar-refractivity contribution in [2.24, 2.45) is 5.41 Å². The van der Waals surface area contributed by atoms with Crippen LogP contribution in [0.3, 0.4) is 0 Å². The predicted molar refractivity (Wildman–Crippen MR) is 118 cm³/mol. The molecule has 0 atom stereocenters. The summed E-state index contributed by atoms with van der Waals surface area (Å²) in [6.07, 6.45) is 5.49. The molecule has 0 aliphatic carbocycles. The fourth-order valence-electron chi connectivity index (χ4n) is 3.38. The number of ether oxygens (including phenoxy) is 2. The lowest BCUT2D eigenvalue weighted by Gasteiger charge is -2.37. The van der Waals surface area contributed by atoms with Crippen LogP contribution in [0.4, 0.5) is 0 Å². The quantitative estimate of drug-likeness (QED) is 0.657. The number of carbonyl (C=O) groups is 1. The molecule has 1 aliphatic rings. The topological polar surface area (TPSA) is 72.5 Å². The molecule has 0 radical (unpaired) electrons. The van der Waals surface area contributed by atoms with Crippen molar-refractivity contribution in [2.75, 3.05) is 33.4 Å². The third-order valence-electron chi connectivity index (χ3n) is 4.96. The first-order valence-corrected chi connectivity index (χ1v) is 9.30. The number of piperidine rings is 1. The third-order valence-corrected chi connectivity index (χ3v) is 4.96. The van der Waals surface area contributed by atoms with Gasteiger partial charge in [0, 0.05) is 42.6 Å². The molecule has 1 saturated heterocycles. The molecule has 1 amide bonds. The number of pyridine rings is 1. The van der Waals surface area contributed by atoms with Gasteiger partial charge in [0.2, 0.25) is 0 Å². The minimum atomic E-state index is -0.0872. The number of rotatable bonds is 8. The Morgan fingerprint density at radius 3 is 2.69 bits per heavy atom. The van der Waals surface area contributed by atoms with Crippen molar-refractivity contribution >= 4 is 30.7 Å². The van der Waals surface area contributed by atoms with Gasteiger partial charge in [0.1, 0.15) is 12.4 Å². The van der Waals surface area contributed by atoms with Crippen molar-refractivity contribution < 1.29 is 14.3 Å². The fourth-order valence-corrected chi connectivity index (χ4v) is 3.38. The SMILES string of the molecule is COCC1(CNC(=O)c2cccc(OCc3cccnc3)c2)CCNCC1.Cl.Cl. The lowest BCUT2D eigenvalue weighted by Crippen LogP contribution is -2.47. The number of aromatic nitrogens is 1. The van der Waals surface area contributed by atoms with E-state index < -0.39 is 0 Å². The summed E-state index contributed by atoms with van der Waals surface area (Å²) in [5, 5.41) is 6.45. The third kappa shape index (κ3) is 7.48. The zero-order chi connectivity index (χ0) is 19.0. The first-order chi connectivity index (χ1) is 13.2. The monoisotopic (exact) mass is 441 g/mol. The minimum Gasteiger partial charge on any atom is -0.489 e. The molecule has 2 aromatic rings. The lowest BCUT2D eigenvalue weighted by atomic mass is 9.79. The number of nitrogens with one attached hydrogen (secondary N) is 2. The first kappa shape index (κ1) is 25.2. The molecule has 29 heavy (non-hydrogen) atoms. The Labute approximate surface area is 184 Å². The molecule has 1 aromatic carbocycles. The molecule has 0 unspecified atom stereocenters. The Morgan fingerprint density at radius 2 is 2.00 bits per heavy atom. The summed E-state index contributed by atoms with van der Waals surface area (Å²) in [5.41, 5.74) is 1.59. The van der Waals surface area contributed by atoms with Crippen molar-refractivity contribution in [2.45, 2.75) is 19.4 Å². The Kier molecular flexibility index (Phi) is 11.0. The van der Waals surface area contributed by atoms with Crippen molar-refractivity contribution in [1.82, 2.24) is 15.6 Å². The maximum atomic E-state index is 12.6. The number of carbonyl (C=O) groups excluding carboxylic acids is 1. The number of benzene rings is 1. The summed E-state index contributed by atoms with van der Waals surface area (Å²) in [4.78, 5) is 16.7. The standard InChI is InChI=1S/C21H27N3O3.2ClH/c1-26-16-21(7-10-22-11-8-21)15-24-20(25)18-5-2-6-19(12-18)27-14-17-4-3-9-23-13-17;;/h2-6,9,12-13,22H,7-8,10-11,14-16H2,1H3,(H,24,25);2*1H. The molecular formula is C21H29Cl2N3O3. The minimum absolute atomic E-state index is 0. The van der Waals surface area contributed by atoms with E-state index in [2.05, 4.69) is 15.6 Å². The average Bonchev–Trinajstić information content (AvgIpc) is 2.72. The van der Waals surface area contributed by atoms with E-state index in [-0.39, 0.29) is 36.1 Å². The van der Waals surface area contributed by atoms with Gasteiger partial charge < -0.3 is 20.1 Å². The van der Waals surface area contributed by atoms with Gasteiger partial charge in [-0.2, -0.15) is 0 Å². The van der Waals surface area contributed by atoms with Gasteiger partial charge in [-0.05, 0) is 50.2 Å². The van der Waals surface area contributed by atoms with Crippen LogP contribution >= 0.6 is 24.8 Å². The van der Waals surface area contributed by atoms with Gasteiger partial charge in [-0.3, -0.25) is 9.78 Å². The molecule has 6 nitrogen and oxygen atoms in total. The summed E-state index contributed by atoms with van der Waals surface area (Å²) in [6, 6.07) is 11.1. The second-order valence-corrected chi connectivity index (χ2v) is 7.04. The van der Waals surface area contributed by atoms with E-state index >= 15 is 0 Å². The number of nitrogens with zero attached hydrogens (tertiary/aromatic N) is 1. The van der Waals surface area contributed by atoms with E-state index in [1.807, 2.05) is 24.3 Å². The highest BCUT2D eigenvalue weighted by Gasteiger charge is 2.32. The molecule has 0 bridgehead atoms. The number of hydrogen-bond acceptors (Lipinski definition) is 5. The van der Waals surface area contributed by atoms with Crippen LogP contribution in [-0.2, 0) is 11.3 Å². The molecule has 0 saturated carbocycles. The van der Waals surface area contributed by atoms with Crippen molar-refractivity contribution in [3.63, 3.8) is 0 Å². The van der Waals surface area contributed by atoms with Crippen molar-refractivity contribution in [1.29, 1.82) is 0 Å². The smallest absolute Gasteiger partial charge is 0.251 e. The number of halogens is 2. The lowest BCUT2D eigenvalue weighted by molar-refractivity contribution is 0.0511. The van der Waals surface area contributed by atoms with Gasteiger partial charge in [-0.1, -0.05) is 12.1 Å². The molecule has 3 rings (SSSR count). The highest BCUT2D eigenvalue weighted by atomic mass is 35.5. The Morgan fingerprint density at radius 1 is 1.21 bits per heavy atom. The summed E-state index contributed by atoms with van der Waals surface area (Å²) >= 11 is 0. The van der Waals surface area contributed by atoms with E-state index in [1.165, 1.54) is 0 Å². The van der Waals surface area contributed by atoms with Crippen LogP contribution in [0.5, 0.6) is 5.75 Å². The van der Waals surface area contributed by atoms with Crippen molar-refractivity contribution in [3.05, 3.63) is 59.9 Å². The largest absolute Gasteiger partial charge is 0.489 e. The molecular weight excluding hydrogens is 413 g/mol. The maximum absolute atomic E-state index is 12.6. The van der Waals surface area contributed by atoms with Gasteiger partial charge in [-0.25, -0.2) is 0 Å². The Bertz CT molecular complexity index is 735. The van der Waals surface area contributed by atoms with E-state index in [0.717, 1.165) is 31.5 Å². The van der Waals surface area contributed by atoms with Crippen LogP contribution in [0.15, 0.2) is 48.8 Å². The van der Waals surface area contributed by atoms with Crippen LogP contribution in [-0.4, -0.2) is 44.2 Å². The molecule has 2 N–H and O–H groups in total. The van der Waals surface area contributed by atoms with E-state index in [0.29, 0.717) is 31.1 Å². The number of amides is 1. The average molecular weight is 442 g/mol. The van der Waals surface area contributed by atoms with Gasteiger partial charge in [0.25, 0.3) is 5.91 Å². The summed E-state index contributed by atoms with van der Waals surface area (Å²) < 4.78 is 11.2. The summed E-state index contributed by atoms with van der Waals surface area (Å²) in [6.45, 7) is 3.60.